The molecule has 3 heteroatoms. The van der Waals surface area contributed by atoms with Crippen molar-refractivity contribution in [1.29, 1.82) is 0 Å². The van der Waals surface area contributed by atoms with E-state index in [2.05, 4.69) is 6.92 Å². The van der Waals surface area contributed by atoms with E-state index in [1.54, 1.807) is 6.07 Å². The van der Waals surface area contributed by atoms with E-state index < -0.39 is 0 Å². The summed E-state index contributed by atoms with van der Waals surface area (Å²) >= 11 is 0. The predicted molar refractivity (Wildman–Crippen MR) is 105 cm³/mol. The van der Waals surface area contributed by atoms with Crippen LogP contribution in [0.1, 0.15) is 90.4 Å². The van der Waals surface area contributed by atoms with Crippen molar-refractivity contribution < 1.29 is 14.4 Å². The maximum atomic E-state index is 9.66. The van der Waals surface area contributed by atoms with Gasteiger partial charge >= 0.3 is 5.88 Å². The van der Waals surface area contributed by atoms with Crippen molar-refractivity contribution in [3.05, 3.63) is 24.4 Å². The molecule has 1 aromatic rings. The van der Waals surface area contributed by atoms with Gasteiger partial charge in [0.15, 0.2) is 12.7 Å². The van der Waals surface area contributed by atoms with Crippen LogP contribution < -0.4 is 4.57 Å². The Balaban J connectivity index is 1.75. The van der Waals surface area contributed by atoms with E-state index in [0.717, 1.165) is 26.2 Å². The molecule has 0 radical (unpaired) electrons. The second-order valence-electron chi connectivity index (χ2n) is 7.11. The standard InChI is InChI=1S/C22H39NO2/c1-2-3-4-5-6-7-8-9-10-11-12-15-20-25-21-16-19-23-18-14-13-17-22(23)24/h13-14,17-18H,2-12,15-16,19-21H2,1H3/p+1. The Bertz CT molecular complexity index is 409. The van der Waals surface area contributed by atoms with Gasteiger partial charge in [-0.3, -0.25) is 0 Å². The van der Waals surface area contributed by atoms with Gasteiger partial charge in [0.2, 0.25) is 0 Å². The second-order valence-corrected chi connectivity index (χ2v) is 7.11. The highest BCUT2D eigenvalue weighted by Gasteiger charge is 2.05. The minimum absolute atomic E-state index is 0.323. The van der Waals surface area contributed by atoms with Crippen molar-refractivity contribution in [3.8, 4) is 5.88 Å². The SMILES string of the molecule is CCCCCCCCCCCCCCOCCC[n+]1ccccc1O. The van der Waals surface area contributed by atoms with Crippen molar-refractivity contribution in [2.45, 2.75) is 96.9 Å². The molecule has 1 heterocycles. The van der Waals surface area contributed by atoms with Crippen LogP contribution in [0.4, 0.5) is 0 Å². The number of unbranched alkanes of at least 4 members (excludes halogenated alkanes) is 11. The van der Waals surface area contributed by atoms with Gasteiger partial charge in [0.25, 0.3) is 0 Å². The Morgan fingerprint density at radius 1 is 0.760 bits per heavy atom. The topological polar surface area (TPSA) is 33.3 Å². The number of aryl methyl sites for hydroxylation is 1. The molecule has 0 aliphatic rings. The van der Waals surface area contributed by atoms with Gasteiger partial charge in [0.1, 0.15) is 0 Å². The van der Waals surface area contributed by atoms with Crippen LogP contribution in [0.25, 0.3) is 0 Å². The molecule has 0 aliphatic heterocycles. The van der Waals surface area contributed by atoms with Crippen molar-refractivity contribution in [1.82, 2.24) is 0 Å². The fourth-order valence-electron chi connectivity index (χ4n) is 3.14. The summed E-state index contributed by atoms with van der Waals surface area (Å²) in [6.07, 6.45) is 19.4. The number of aromatic nitrogens is 1. The molecule has 0 saturated carbocycles. The lowest BCUT2D eigenvalue weighted by atomic mass is 10.1. The van der Waals surface area contributed by atoms with Gasteiger partial charge in [0, 0.05) is 19.1 Å². The molecule has 0 fully saturated rings. The molecular weight excluding hydrogens is 310 g/mol. The first kappa shape index (κ1) is 22.0. The zero-order valence-corrected chi connectivity index (χ0v) is 16.4. The van der Waals surface area contributed by atoms with Crippen LogP contribution in [0.5, 0.6) is 5.88 Å². The van der Waals surface area contributed by atoms with E-state index in [-0.39, 0.29) is 0 Å². The monoisotopic (exact) mass is 350 g/mol. The van der Waals surface area contributed by atoms with Crippen LogP contribution in [-0.4, -0.2) is 18.3 Å². The number of nitrogens with zero attached hydrogens (tertiary/aromatic N) is 1. The van der Waals surface area contributed by atoms with Crippen molar-refractivity contribution >= 4 is 0 Å². The third-order valence-corrected chi connectivity index (χ3v) is 4.75. The third kappa shape index (κ3) is 12.9. The first-order valence-corrected chi connectivity index (χ1v) is 10.6. The first-order valence-electron chi connectivity index (χ1n) is 10.6. The van der Waals surface area contributed by atoms with Gasteiger partial charge in [-0.15, -0.1) is 0 Å². The smallest absolute Gasteiger partial charge is 0.365 e. The highest BCUT2D eigenvalue weighted by atomic mass is 16.5. The summed E-state index contributed by atoms with van der Waals surface area (Å²) in [5.74, 6) is 0.323. The van der Waals surface area contributed by atoms with Gasteiger partial charge in [-0.2, -0.15) is 4.57 Å². The number of hydrogen-bond donors (Lipinski definition) is 1. The molecule has 0 spiro atoms. The number of ether oxygens (including phenoxy) is 1. The number of aromatic hydroxyl groups is 1. The summed E-state index contributed by atoms with van der Waals surface area (Å²) in [6, 6.07) is 5.50. The van der Waals surface area contributed by atoms with Crippen LogP contribution >= 0.6 is 0 Å². The molecule has 0 saturated heterocycles. The van der Waals surface area contributed by atoms with Crippen LogP contribution in [0.2, 0.25) is 0 Å². The molecule has 1 aromatic heterocycles. The minimum Gasteiger partial charge on any atom is -0.460 e. The van der Waals surface area contributed by atoms with Gasteiger partial charge in [-0.25, -0.2) is 0 Å². The normalized spacial score (nSPS) is 11.1. The largest absolute Gasteiger partial charge is 0.460 e. The molecule has 0 bridgehead atoms. The molecule has 25 heavy (non-hydrogen) atoms. The van der Waals surface area contributed by atoms with Crippen molar-refractivity contribution in [3.63, 3.8) is 0 Å². The Labute approximate surface area is 155 Å². The first-order chi connectivity index (χ1) is 12.3. The van der Waals surface area contributed by atoms with Crippen LogP contribution in [0, 0.1) is 0 Å². The van der Waals surface area contributed by atoms with Gasteiger partial charge < -0.3 is 9.84 Å². The summed E-state index contributed by atoms with van der Waals surface area (Å²) in [6.45, 7) is 4.74. The average molecular weight is 351 g/mol. The molecule has 0 amide bonds. The molecule has 144 valence electrons. The summed E-state index contributed by atoms with van der Waals surface area (Å²) in [5, 5.41) is 9.66. The number of rotatable bonds is 17. The van der Waals surface area contributed by atoms with Crippen LogP contribution in [-0.2, 0) is 11.3 Å². The second kappa shape index (κ2) is 16.4. The zero-order valence-electron chi connectivity index (χ0n) is 16.4. The minimum atomic E-state index is 0.323. The average Bonchev–Trinajstić information content (AvgIpc) is 2.63. The molecule has 3 nitrogen and oxygen atoms in total. The third-order valence-electron chi connectivity index (χ3n) is 4.75. The Morgan fingerprint density at radius 3 is 1.92 bits per heavy atom. The van der Waals surface area contributed by atoms with Crippen LogP contribution in [0.15, 0.2) is 24.4 Å². The molecule has 1 rings (SSSR count). The highest BCUT2D eigenvalue weighted by Crippen LogP contribution is 2.11. The van der Waals surface area contributed by atoms with E-state index in [1.165, 1.54) is 77.0 Å². The lowest BCUT2D eigenvalue weighted by molar-refractivity contribution is -0.703. The van der Waals surface area contributed by atoms with Crippen LogP contribution in [0.3, 0.4) is 0 Å². The molecule has 0 aromatic carbocycles. The Kier molecular flexibility index (Phi) is 14.4. The Hall–Kier alpha value is -1.09. The maximum absolute atomic E-state index is 9.66. The molecule has 0 atom stereocenters. The molecular formula is C22H40NO2+. The predicted octanol–water partition coefficient (Wildman–Crippen LogP) is 5.79. The van der Waals surface area contributed by atoms with E-state index in [9.17, 15) is 5.11 Å². The number of hydrogen-bond acceptors (Lipinski definition) is 2. The highest BCUT2D eigenvalue weighted by molar-refractivity contribution is 4.99. The van der Waals surface area contributed by atoms with Gasteiger partial charge in [-0.1, -0.05) is 77.6 Å². The number of pyridine rings is 1. The summed E-state index contributed by atoms with van der Waals surface area (Å²) in [7, 11) is 0. The van der Waals surface area contributed by atoms with Crippen molar-refractivity contribution in [2.24, 2.45) is 0 Å². The molecule has 1 N–H and O–H groups in total. The van der Waals surface area contributed by atoms with E-state index >= 15 is 0 Å². The maximum Gasteiger partial charge on any atom is 0.365 e. The summed E-state index contributed by atoms with van der Waals surface area (Å²) < 4.78 is 7.55. The van der Waals surface area contributed by atoms with Gasteiger partial charge in [-0.05, 0) is 12.5 Å². The lowest BCUT2D eigenvalue weighted by Crippen LogP contribution is -2.33. The fourth-order valence-corrected chi connectivity index (χ4v) is 3.14. The van der Waals surface area contributed by atoms with E-state index in [0.29, 0.717) is 5.88 Å². The van der Waals surface area contributed by atoms with E-state index in [4.69, 9.17) is 4.74 Å². The summed E-state index contributed by atoms with van der Waals surface area (Å²) in [4.78, 5) is 0. The zero-order chi connectivity index (χ0) is 18.0. The lowest BCUT2D eigenvalue weighted by Gasteiger charge is -2.04. The quantitative estimate of drug-likeness (QED) is 0.285. The van der Waals surface area contributed by atoms with Gasteiger partial charge in [0.05, 0.1) is 12.7 Å². The molecule has 0 unspecified atom stereocenters. The Morgan fingerprint density at radius 2 is 1.32 bits per heavy atom. The van der Waals surface area contributed by atoms with E-state index in [1.807, 2.05) is 22.9 Å². The summed E-state index contributed by atoms with van der Waals surface area (Å²) in [5.41, 5.74) is 0. The van der Waals surface area contributed by atoms with Crippen molar-refractivity contribution in [2.75, 3.05) is 13.2 Å². The fraction of sp³-hybridized carbons (Fsp3) is 0.773. The molecule has 0 aliphatic carbocycles.